The first-order valence-corrected chi connectivity index (χ1v) is 7.23. The molecule has 0 aliphatic carbocycles. The van der Waals surface area contributed by atoms with E-state index in [1.54, 1.807) is 12.4 Å². The van der Waals surface area contributed by atoms with Gasteiger partial charge in [0.1, 0.15) is 17.4 Å². The van der Waals surface area contributed by atoms with Gasteiger partial charge in [-0.25, -0.2) is 4.98 Å². The van der Waals surface area contributed by atoms with Gasteiger partial charge in [-0.15, -0.1) is 11.6 Å². The van der Waals surface area contributed by atoms with Crippen molar-refractivity contribution in [3.63, 3.8) is 0 Å². The number of hydrogen-bond donors (Lipinski definition) is 1. The molecule has 0 aliphatic rings. The minimum atomic E-state index is -0.356. The van der Waals surface area contributed by atoms with Gasteiger partial charge >= 0.3 is 0 Å². The number of fused-ring (bicyclic) bond motifs is 1. The first-order valence-electron chi connectivity index (χ1n) is 6.79. The third-order valence-electron chi connectivity index (χ3n) is 3.19. The van der Waals surface area contributed by atoms with Crippen LogP contribution in [-0.2, 0) is 4.79 Å². The number of amides is 1. The molecule has 2 heterocycles. The monoisotopic (exact) mass is 294 g/mol. The number of nitrogens with one attached hydrogen (secondary N) is 1. The lowest BCUT2D eigenvalue weighted by Gasteiger charge is -2.18. The number of carbonyl (C=O) groups excluding carboxylic acids is 1. The Morgan fingerprint density at radius 3 is 2.90 bits per heavy atom. The summed E-state index contributed by atoms with van der Waals surface area (Å²) in [5.41, 5.74) is 1.63. The van der Waals surface area contributed by atoms with Gasteiger partial charge in [-0.1, -0.05) is 6.92 Å². The molecule has 0 saturated heterocycles. The van der Waals surface area contributed by atoms with E-state index < -0.39 is 0 Å². The maximum Gasteiger partial charge on any atom is 0.242 e. The van der Waals surface area contributed by atoms with E-state index in [0.29, 0.717) is 12.4 Å². The van der Waals surface area contributed by atoms with Gasteiger partial charge in [0, 0.05) is 12.7 Å². The number of aromatic nitrogens is 3. The fraction of sp³-hybridized carbons (Fsp3) is 0.500. The van der Waals surface area contributed by atoms with Gasteiger partial charge in [-0.3, -0.25) is 9.78 Å². The SMILES string of the molecule is CCCNC(=O)C(C)n1c(C(C)Cl)nc2cnccc21. The van der Waals surface area contributed by atoms with E-state index in [2.05, 4.69) is 15.3 Å². The summed E-state index contributed by atoms with van der Waals surface area (Å²) < 4.78 is 1.89. The summed E-state index contributed by atoms with van der Waals surface area (Å²) in [4.78, 5) is 20.7. The second-order valence-corrected chi connectivity index (χ2v) is 5.44. The first kappa shape index (κ1) is 14.8. The Kier molecular flexibility index (Phi) is 4.60. The Balaban J connectivity index is 2.45. The molecule has 0 spiro atoms. The average Bonchev–Trinajstić information content (AvgIpc) is 2.83. The Morgan fingerprint density at radius 2 is 2.25 bits per heavy atom. The van der Waals surface area contributed by atoms with Gasteiger partial charge in [0.05, 0.1) is 17.1 Å². The van der Waals surface area contributed by atoms with Crippen molar-refractivity contribution in [2.75, 3.05) is 6.54 Å². The van der Waals surface area contributed by atoms with Crippen molar-refractivity contribution in [2.24, 2.45) is 0 Å². The van der Waals surface area contributed by atoms with E-state index >= 15 is 0 Å². The molecule has 20 heavy (non-hydrogen) atoms. The average molecular weight is 295 g/mol. The molecule has 0 aromatic carbocycles. The van der Waals surface area contributed by atoms with Crippen LogP contribution in [0.15, 0.2) is 18.5 Å². The van der Waals surface area contributed by atoms with Crippen molar-refractivity contribution in [1.82, 2.24) is 19.9 Å². The third-order valence-corrected chi connectivity index (χ3v) is 3.39. The molecule has 2 rings (SSSR count). The number of rotatable bonds is 5. The third kappa shape index (κ3) is 2.77. The Labute approximate surface area is 123 Å². The normalized spacial score (nSPS) is 14.2. The zero-order valence-corrected chi connectivity index (χ0v) is 12.7. The van der Waals surface area contributed by atoms with Gasteiger partial charge in [-0.05, 0) is 26.3 Å². The Hall–Kier alpha value is -1.62. The van der Waals surface area contributed by atoms with Crippen LogP contribution in [0.25, 0.3) is 11.0 Å². The number of alkyl halides is 1. The van der Waals surface area contributed by atoms with Crippen LogP contribution in [0, 0.1) is 0 Å². The molecule has 0 radical (unpaired) electrons. The minimum absolute atomic E-state index is 0.0264. The molecule has 108 valence electrons. The van der Waals surface area contributed by atoms with Gasteiger partial charge in [0.2, 0.25) is 5.91 Å². The number of imidazole rings is 1. The molecule has 0 bridgehead atoms. The molecule has 2 aromatic heterocycles. The van der Waals surface area contributed by atoms with Gasteiger partial charge in [0.15, 0.2) is 0 Å². The Bertz CT molecular complexity index is 608. The summed E-state index contributed by atoms with van der Waals surface area (Å²) in [6.45, 7) is 6.40. The second-order valence-electron chi connectivity index (χ2n) is 4.79. The van der Waals surface area contributed by atoms with Crippen molar-refractivity contribution < 1.29 is 4.79 Å². The second kappa shape index (κ2) is 6.22. The van der Waals surface area contributed by atoms with Crippen LogP contribution < -0.4 is 5.32 Å². The molecular formula is C14H19ClN4O. The van der Waals surface area contributed by atoms with Crippen molar-refractivity contribution in [2.45, 2.75) is 38.6 Å². The number of nitrogens with zero attached hydrogens (tertiary/aromatic N) is 3. The fourth-order valence-electron chi connectivity index (χ4n) is 2.17. The van der Waals surface area contributed by atoms with Crippen LogP contribution in [0.4, 0.5) is 0 Å². The fourth-order valence-corrected chi connectivity index (χ4v) is 2.32. The quantitative estimate of drug-likeness (QED) is 0.863. The molecule has 5 nitrogen and oxygen atoms in total. The predicted octanol–water partition coefficient (Wildman–Crippen LogP) is 2.82. The maximum atomic E-state index is 12.2. The molecule has 2 atom stereocenters. The number of hydrogen-bond acceptors (Lipinski definition) is 3. The van der Waals surface area contributed by atoms with Crippen LogP contribution >= 0.6 is 11.6 Å². The highest BCUT2D eigenvalue weighted by Crippen LogP contribution is 2.27. The van der Waals surface area contributed by atoms with E-state index in [4.69, 9.17) is 11.6 Å². The van der Waals surface area contributed by atoms with Crippen LogP contribution in [0.3, 0.4) is 0 Å². The molecule has 0 aliphatic heterocycles. The van der Waals surface area contributed by atoms with Gasteiger partial charge < -0.3 is 9.88 Å². The maximum absolute atomic E-state index is 12.2. The number of halogens is 1. The summed E-state index contributed by atoms with van der Waals surface area (Å²) in [6, 6.07) is 1.50. The molecular weight excluding hydrogens is 276 g/mol. The van der Waals surface area contributed by atoms with E-state index in [0.717, 1.165) is 17.5 Å². The van der Waals surface area contributed by atoms with Crippen molar-refractivity contribution in [1.29, 1.82) is 0 Å². The molecule has 2 aromatic rings. The van der Waals surface area contributed by atoms with Crippen LogP contribution in [0.2, 0.25) is 0 Å². The number of carbonyl (C=O) groups is 1. The highest BCUT2D eigenvalue weighted by molar-refractivity contribution is 6.20. The van der Waals surface area contributed by atoms with E-state index in [1.165, 1.54) is 0 Å². The van der Waals surface area contributed by atoms with Crippen molar-refractivity contribution in [3.8, 4) is 0 Å². The molecule has 0 fully saturated rings. The predicted molar refractivity (Wildman–Crippen MR) is 79.8 cm³/mol. The number of pyridine rings is 1. The zero-order valence-electron chi connectivity index (χ0n) is 11.9. The largest absolute Gasteiger partial charge is 0.354 e. The molecule has 2 unspecified atom stereocenters. The molecule has 1 amide bonds. The Morgan fingerprint density at radius 1 is 1.50 bits per heavy atom. The summed E-state index contributed by atoms with van der Waals surface area (Å²) in [6.07, 6.45) is 4.29. The van der Waals surface area contributed by atoms with Gasteiger partial charge in [0.25, 0.3) is 0 Å². The topological polar surface area (TPSA) is 59.8 Å². The van der Waals surface area contributed by atoms with E-state index in [-0.39, 0.29) is 17.3 Å². The lowest BCUT2D eigenvalue weighted by molar-refractivity contribution is -0.123. The van der Waals surface area contributed by atoms with Crippen molar-refractivity contribution in [3.05, 3.63) is 24.3 Å². The first-order chi connectivity index (χ1) is 9.56. The standard InChI is InChI=1S/C14H19ClN4O/c1-4-6-17-14(20)10(3)19-12-5-7-16-8-11(12)18-13(19)9(2)15/h5,7-10H,4,6H2,1-3H3,(H,17,20). The summed E-state index contributed by atoms with van der Waals surface area (Å²) in [5.74, 6) is 0.662. The van der Waals surface area contributed by atoms with E-state index in [1.807, 2.05) is 31.4 Å². The molecule has 6 heteroatoms. The summed E-state index contributed by atoms with van der Waals surface area (Å²) in [7, 11) is 0. The lowest BCUT2D eigenvalue weighted by Crippen LogP contribution is -2.32. The highest BCUT2D eigenvalue weighted by atomic mass is 35.5. The smallest absolute Gasteiger partial charge is 0.242 e. The van der Waals surface area contributed by atoms with Crippen molar-refractivity contribution >= 4 is 28.5 Å². The van der Waals surface area contributed by atoms with E-state index in [9.17, 15) is 4.79 Å². The van der Waals surface area contributed by atoms with Crippen LogP contribution in [-0.4, -0.2) is 27.0 Å². The molecule has 0 saturated carbocycles. The zero-order chi connectivity index (χ0) is 14.7. The highest BCUT2D eigenvalue weighted by Gasteiger charge is 2.23. The molecule has 1 N–H and O–H groups in total. The minimum Gasteiger partial charge on any atom is -0.354 e. The lowest BCUT2D eigenvalue weighted by atomic mass is 10.2. The van der Waals surface area contributed by atoms with Crippen LogP contribution in [0.1, 0.15) is 44.4 Å². The summed E-state index contributed by atoms with van der Waals surface area (Å²) >= 11 is 6.20. The summed E-state index contributed by atoms with van der Waals surface area (Å²) in [5, 5.41) is 2.63. The van der Waals surface area contributed by atoms with Gasteiger partial charge in [-0.2, -0.15) is 0 Å². The van der Waals surface area contributed by atoms with Crippen LogP contribution in [0.5, 0.6) is 0 Å².